The summed E-state index contributed by atoms with van der Waals surface area (Å²) in [5.74, 6) is 0.767. The zero-order valence-electron chi connectivity index (χ0n) is 22.6. The maximum Gasteiger partial charge on any atom is 0.344 e. The highest BCUT2D eigenvalue weighted by Gasteiger charge is 2.32. The van der Waals surface area contributed by atoms with Gasteiger partial charge < -0.3 is 4.74 Å². The zero-order chi connectivity index (χ0) is 27.0. The molecule has 3 aliphatic rings. The quantitative estimate of drug-likeness (QED) is 0.198. The van der Waals surface area contributed by atoms with Gasteiger partial charge in [-0.25, -0.2) is 4.79 Å². The van der Waals surface area contributed by atoms with Crippen LogP contribution in [0.1, 0.15) is 121 Å². The van der Waals surface area contributed by atoms with E-state index in [-0.39, 0.29) is 10.9 Å². The Morgan fingerprint density at radius 3 is 2.10 bits per heavy atom. The Morgan fingerprint density at radius 1 is 0.769 bits per heavy atom. The highest BCUT2D eigenvalue weighted by molar-refractivity contribution is 7.85. The van der Waals surface area contributed by atoms with Crippen LogP contribution in [-0.4, -0.2) is 18.9 Å². The maximum absolute atomic E-state index is 14.4. The summed E-state index contributed by atoms with van der Waals surface area (Å²) < 4.78 is 40.2. The first-order chi connectivity index (χ1) is 18.9. The molecule has 2 saturated carbocycles. The fourth-order valence-electron chi connectivity index (χ4n) is 7.47. The van der Waals surface area contributed by atoms with Crippen molar-refractivity contribution >= 4 is 26.9 Å². The number of ether oxygens (including phenoxy) is 1. The first-order valence-corrected chi connectivity index (χ1v) is 16.3. The number of carbonyl (C=O) groups is 1. The van der Waals surface area contributed by atoms with Gasteiger partial charge in [-0.3, -0.25) is 4.55 Å². The van der Waals surface area contributed by atoms with Crippen LogP contribution in [0.2, 0.25) is 0 Å². The van der Waals surface area contributed by atoms with Crippen molar-refractivity contribution in [2.75, 3.05) is 0 Å². The van der Waals surface area contributed by atoms with Gasteiger partial charge in [-0.2, -0.15) is 8.42 Å². The van der Waals surface area contributed by atoms with Crippen LogP contribution in [0.15, 0.2) is 47.4 Å². The van der Waals surface area contributed by atoms with Crippen molar-refractivity contribution in [3.63, 3.8) is 0 Å². The Hall–Kier alpha value is -2.70. The van der Waals surface area contributed by atoms with Gasteiger partial charge in [0.2, 0.25) is 0 Å². The van der Waals surface area contributed by atoms with Crippen LogP contribution in [0, 0.1) is 0 Å². The van der Waals surface area contributed by atoms with Gasteiger partial charge in [0.05, 0.1) is 10.5 Å². The average molecular weight is 547 g/mol. The van der Waals surface area contributed by atoms with Crippen molar-refractivity contribution in [3.05, 3.63) is 70.3 Å². The van der Waals surface area contributed by atoms with Crippen molar-refractivity contribution in [3.8, 4) is 5.75 Å². The molecule has 0 heterocycles. The number of hydrogen-bond donors (Lipinski definition) is 1. The van der Waals surface area contributed by atoms with Crippen molar-refractivity contribution in [1.29, 1.82) is 0 Å². The molecule has 3 aromatic rings. The summed E-state index contributed by atoms with van der Waals surface area (Å²) in [6.45, 7) is 0. The van der Waals surface area contributed by atoms with Crippen molar-refractivity contribution < 1.29 is 22.5 Å². The summed E-state index contributed by atoms with van der Waals surface area (Å²) in [4.78, 5) is 14.3. The van der Waals surface area contributed by atoms with Gasteiger partial charge in [-0.1, -0.05) is 62.8 Å². The maximum atomic E-state index is 14.4. The molecule has 1 N–H and O–H groups in total. The highest BCUT2D eigenvalue weighted by Crippen LogP contribution is 2.45. The molecule has 0 spiro atoms. The van der Waals surface area contributed by atoms with Gasteiger partial charge in [0.15, 0.2) is 0 Å². The van der Waals surface area contributed by atoms with Gasteiger partial charge in [-0.05, 0) is 114 Å². The van der Waals surface area contributed by atoms with Crippen LogP contribution >= 0.6 is 0 Å². The van der Waals surface area contributed by atoms with E-state index in [0.717, 1.165) is 66.2 Å². The lowest BCUT2D eigenvalue weighted by Gasteiger charge is -2.30. The van der Waals surface area contributed by atoms with Crippen LogP contribution in [0.25, 0.3) is 10.8 Å². The molecule has 0 saturated heterocycles. The van der Waals surface area contributed by atoms with Crippen molar-refractivity contribution in [1.82, 2.24) is 0 Å². The standard InChI is InChI=1S/C33H38O5S/c34-33(38-29-19-20-30(39(35,36)37)27-18-10-9-17-26(27)29)32-28(22-11-3-1-4-12-22)21-24-15-7-8-16-25(24)31(32)23-13-5-2-6-14-23/h7-8,15-16,19-23H,1-6,9-14,17-18H2,(H,35,36,37). The van der Waals surface area contributed by atoms with Gasteiger partial charge >= 0.3 is 5.97 Å². The molecule has 0 amide bonds. The predicted octanol–water partition coefficient (Wildman–Crippen LogP) is 8.28. The summed E-state index contributed by atoms with van der Waals surface area (Å²) in [5.41, 5.74) is 4.36. The molecular weight excluding hydrogens is 508 g/mol. The monoisotopic (exact) mass is 546 g/mol. The summed E-state index contributed by atoms with van der Waals surface area (Å²) >= 11 is 0. The number of esters is 1. The molecule has 0 bridgehead atoms. The smallest absolute Gasteiger partial charge is 0.344 e. The van der Waals surface area contributed by atoms with E-state index in [1.54, 1.807) is 6.07 Å². The van der Waals surface area contributed by atoms with Crippen LogP contribution in [0.4, 0.5) is 0 Å². The number of fused-ring (bicyclic) bond motifs is 2. The number of hydrogen-bond acceptors (Lipinski definition) is 4. The molecule has 3 aromatic carbocycles. The lowest BCUT2D eigenvalue weighted by atomic mass is 9.74. The molecule has 5 nitrogen and oxygen atoms in total. The van der Waals surface area contributed by atoms with E-state index in [9.17, 15) is 17.8 Å². The second kappa shape index (κ2) is 11.1. The third-order valence-corrected chi connectivity index (χ3v) is 10.3. The molecule has 39 heavy (non-hydrogen) atoms. The lowest BCUT2D eigenvalue weighted by molar-refractivity contribution is 0.0728. The second-order valence-electron chi connectivity index (χ2n) is 11.7. The Bertz CT molecular complexity index is 1490. The largest absolute Gasteiger partial charge is 0.423 e. The van der Waals surface area contributed by atoms with Crippen LogP contribution in [0.5, 0.6) is 5.75 Å². The topological polar surface area (TPSA) is 80.7 Å². The molecule has 2 fully saturated rings. The van der Waals surface area contributed by atoms with E-state index < -0.39 is 10.1 Å². The second-order valence-corrected chi connectivity index (χ2v) is 13.1. The molecule has 3 aliphatic carbocycles. The molecule has 0 radical (unpaired) electrons. The predicted molar refractivity (Wildman–Crippen MR) is 153 cm³/mol. The molecular formula is C33H38O5S. The van der Waals surface area contributed by atoms with E-state index in [4.69, 9.17) is 4.74 Å². The fourth-order valence-corrected chi connectivity index (χ4v) is 8.24. The molecule has 6 rings (SSSR count). The summed E-state index contributed by atoms with van der Waals surface area (Å²) in [5, 5.41) is 2.35. The molecule has 206 valence electrons. The van der Waals surface area contributed by atoms with E-state index in [0.29, 0.717) is 36.0 Å². The minimum Gasteiger partial charge on any atom is -0.423 e. The Labute approximate surface area is 231 Å². The first kappa shape index (κ1) is 26.5. The van der Waals surface area contributed by atoms with Crippen molar-refractivity contribution in [2.24, 2.45) is 0 Å². The Kier molecular flexibility index (Phi) is 7.52. The van der Waals surface area contributed by atoms with E-state index in [1.165, 1.54) is 50.0 Å². The van der Waals surface area contributed by atoms with Crippen LogP contribution < -0.4 is 4.74 Å². The number of rotatable bonds is 5. The number of benzene rings is 3. The zero-order valence-corrected chi connectivity index (χ0v) is 23.4. The minimum atomic E-state index is -4.35. The third kappa shape index (κ3) is 5.26. The summed E-state index contributed by atoms with van der Waals surface area (Å²) in [6, 6.07) is 13.7. The Morgan fingerprint density at radius 2 is 1.41 bits per heavy atom. The molecule has 0 unspecified atom stereocenters. The van der Waals surface area contributed by atoms with E-state index in [2.05, 4.69) is 30.3 Å². The molecule has 0 aliphatic heterocycles. The summed E-state index contributed by atoms with van der Waals surface area (Å²) in [6.07, 6.45) is 14.4. The molecule has 6 heteroatoms. The van der Waals surface area contributed by atoms with Gasteiger partial charge in [0.25, 0.3) is 10.1 Å². The van der Waals surface area contributed by atoms with Crippen molar-refractivity contribution in [2.45, 2.75) is 107 Å². The SMILES string of the molecule is O=C(Oc1ccc(S(=O)(=O)O)c2c1CCCC2)c1c(C2CCCCC2)cc2ccccc2c1C1CCCCC1. The summed E-state index contributed by atoms with van der Waals surface area (Å²) in [7, 11) is -4.35. The lowest BCUT2D eigenvalue weighted by Crippen LogP contribution is -2.21. The fraction of sp³-hybridized carbons (Fsp3) is 0.485. The Balaban J connectivity index is 1.50. The average Bonchev–Trinajstić information content (AvgIpc) is 2.96. The highest BCUT2D eigenvalue weighted by atomic mass is 32.2. The van der Waals surface area contributed by atoms with E-state index >= 15 is 0 Å². The van der Waals surface area contributed by atoms with Gasteiger partial charge in [0.1, 0.15) is 5.75 Å². The van der Waals surface area contributed by atoms with Crippen LogP contribution in [0.3, 0.4) is 0 Å². The van der Waals surface area contributed by atoms with E-state index in [1.807, 2.05) is 0 Å². The molecule has 0 atom stereocenters. The number of carbonyl (C=O) groups excluding carboxylic acids is 1. The minimum absolute atomic E-state index is 0.0616. The normalized spacial score (nSPS) is 19.1. The van der Waals surface area contributed by atoms with Crippen LogP contribution in [-0.2, 0) is 23.0 Å². The first-order valence-electron chi connectivity index (χ1n) is 14.8. The molecule has 0 aromatic heterocycles. The third-order valence-electron chi connectivity index (χ3n) is 9.31. The van der Waals surface area contributed by atoms with Gasteiger partial charge in [-0.15, -0.1) is 0 Å². The van der Waals surface area contributed by atoms with Gasteiger partial charge in [0, 0.05) is 0 Å².